The van der Waals surface area contributed by atoms with Gasteiger partial charge in [0.1, 0.15) is 0 Å². The zero-order chi connectivity index (χ0) is 34.2. The molecule has 52 heavy (non-hydrogen) atoms. The first-order chi connectivity index (χ1) is 25.8. The molecule has 1 nitrogen and oxygen atoms in total. The SMILES string of the molecule is c1ccc(-c2nc3ccccc3c3c2ccc2sc4ccc(-c5ccc6c(c5)C(c5ccccc5)(c5ccccc5)c5ccccc5-6)cc4c23)cc1. The van der Waals surface area contributed by atoms with Crippen LogP contribution in [0.15, 0.2) is 188 Å². The predicted molar refractivity (Wildman–Crippen MR) is 220 cm³/mol. The molecule has 0 N–H and O–H groups in total. The Morgan fingerprint density at radius 2 is 1.00 bits per heavy atom. The van der Waals surface area contributed by atoms with Crippen molar-refractivity contribution < 1.29 is 0 Å². The molecule has 0 radical (unpaired) electrons. The summed E-state index contributed by atoms with van der Waals surface area (Å²) in [6, 6.07) is 69.1. The Balaban J connectivity index is 1.18. The lowest BCUT2D eigenvalue weighted by Crippen LogP contribution is -2.28. The van der Waals surface area contributed by atoms with Gasteiger partial charge < -0.3 is 0 Å². The lowest BCUT2D eigenvalue weighted by molar-refractivity contribution is 0.769. The van der Waals surface area contributed by atoms with Crippen molar-refractivity contribution in [3.8, 4) is 33.5 Å². The number of para-hydroxylation sites is 1. The zero-order valence-electron chi connectivity index (χ0n) is 28.3. The van der Waals surface area contributed by atoms with Crippen LogP contribution in [0.3, 0.4) is 0 Å². The van der Waals surface area contributed by atoms with Crippen molar-refractivity contribution in [2.24, 2.45) is 0 Å². The molecule has 8 aromatic carbocycles. The zero-order valence-corrected chi connectivity index (χ0v) is 29.1. The molecule has 1 aliphatic carbocycles. The summed E-state index contributed by atoms with van der Waals surface area (Å²) in [6.45, 7) is 0. The van der Waals surface area contributed by atoms with Crippen molar-refractivity contribution >= 4 is 53.2 Å². The summed E-state index contributed by atoms with van der Waals surface area (Å²) in [5.41, 5.74) is 13.0. The van der Waals surface area contributed by atoms with Gasteiger partial charge in [-0.1, -0.05) is 158 Å². The van der Waals surface area contributed by atoms with Crippen LogP contribution < -0.4 is 0 Å². The highest BCUT2D eigenvalue weighted by Crippen LogP contribution is 2.57. The van der Waals surface area contributed by atoms with E-state index < -0.39 is 5.41 Å². The number of aromatic nitrogens is 1. The van der Waals surface area contributed by atoms with Crippen LogP contribution in [0, 0.1) is 0 Å². The molecule has 2 heteroatoms. The molecule has 1 aliphatic rings. The van der Waals surface area contributed by atoms with Gasteiger partial charge in [-0.25, -0.2) is 4.98 Å². The predicted octanol–water partition coefficient (Wildman–Crippen LogP) is 13.5. The summed E-state index contributed by atoms with van der Waals surface area (Å²) in [5, 5.41) is 6.26. The van der Waals surface area contributed by atoms with Crippen LogP contribution in [0.4, 0.5) is 0 Å². The van der Waals surface area contributed by atoms with Crippen LogP contribution in [0.25, 0.3) is 75.4 Å². The van der Waals surface area contributed by atoms with E-state index in [0.717, 1.165) is 16.8 Å². The average molecular weight is 678 g/mol. The second kappa shape index (κ2) is 11.3. The van der Waals surface area contributed by atoms with Crippen LogP contribution in [-0.4, -0.2) is 4.98 Å². The molecule has 2 heterocycles. The number of thiophene rings is 1. The first-order valence-electron chi connectivity index (χ1n) is 17.9. The standard InChI is InChI=1S/C50H31NS/c1-4-14-32(15-5-1)49-40-27-29-46-48(47(40)39-21-11-13-23-44(39)51-49)41-30-33(25-28-45(41)52-46)34-24-26-38-37-20-10-12-22-42(37)50(43(38)31-34,35-16-6-2-7-17-35)36-18-8-3-9-19-36/h1-31H. The van der Waals surface area contributed by atoms with Gasteiger partial charge in [-0.05, 0) is 74.8 Å². The van der Waals surface area contributed by atoms with Crippen LogP contribution >= 0.6 is 11.3 Å². The van der Waals surface area contributed by atoms with Gasteiger partial charge in [0, 0.05) is 41.9 Å². The number of hydrogen-bond acceptors (Lipinski definition) is 2. The summed E-state index contributed by atoms with van der Waals surface area (Å²) in [6.07, 6.45) is 0. The molecule has 0 spiro atoms. The smallest absolute Gasteiger partial charge is 0.0788 e. The first kappa shape index (κ1) is 29.4. The van der Waals surface area contributed by atoms with Crippen molar-refractivity contribution in [2.75, 3.05) is 0 Å². The highest BCUT2D eigenvalue weighted by Gasteiger charge is 2.46. The molecule has 0 aliphatic heterocycles. The third kappa shape index (κ3) is 4.13. The van der Waals surface area contributed by atoms with E-state index in [-0.39, 0.29) is 0 Å². The highest BCUT2D eigenvalue weighted by molar-refractivity contribution is 7.26. The van der Waals surface area contributed by atoms with E-state index in [1.807, 2.05) is 11.3 Å². The minimum Gasteiger partial charge on any atom is -0.247 e. The topological polar surface area (TPSA) is 12.9 Å². The molecule has 0 saturated heterocycles. The maximum atomic E-state index is 5.23. The molecule has 11 rings (SSSR count). The quantitative estimate of drug-likeness (QED) is 0.169. The van der Waals surface area contributed by atoms with Crippen LogP contribution in [0.1, 0.15) is 22.3 Å². The fourth-order valence-corrected chi connectivity index (χ4v) is 10.0. The van der Waals surface area contributed by atoms with Crippen LogP contribution in [-0.2, 0) is 5.41 Å². The Kier molecular flexibility index (Phi) is 6.40. The van der Waals surface area contributed by atoms with Gasteiger partial charge in [0.05, 0.1) is 16.6 Å². The van der Waals surface area contributed by atoms with Crippen molar-refractivity contribution in [3.63, 3.8) is 0 Å². The van der Waals surface area contributed by atoms with Gasteiger partial charge in [-0.15, -0.1) is 11.3 Å². The van der Waals surface area contributed by atoms with E-state index >= 15 is 0 Å². The Labute approximate surface area is 306 Å². The van der Waals surface area contributed by atoms with Crippen molar-refractivity contribution in [1.29, 1.82) is 0 Å². The van der Waals surface area contributed by atoms with Crippen LogP contribution in [0.5, 0.6) is 0 Å². The van der Waals surface area contributed by atoms with Crippen molar-refractivity contribution in [2.45, 2.75) is 5.41 Å². The molecule has 10 aromatic rings. The number of nitrogens with zero attached hydrogens (tertiary/aromatic N) is 1. The molecule has 0 fully saturated rings. The molecular weight excluding hydrogens is 647 g/mol. The number of fused-ring (bicyclic) bond motifs is 10. The van der Waals surface area contributed by atoms with E-state index in [1.165, 1.54) is 80.8 Å². The third-order valence-electron chi connectivity index (χ3n) is 11.1. The minimum absolute atomic E-state index is 0.431. The molecular formula is C50H31NS. The Morgan fingerprint density at radius 1 is 0.385 bits per heavy atom. The summed E-state index contributed by atoms with van der Waals surface area (Å²) >= 11 is 1.88. The first-order valence-corrected chi connectivity index (χ1v) is 18.7. The molecule has 2 aromatic heterocycles. The molecule has 0 unspecified atom stereocenters. The summed E-state index contributed by atoms with van der Waals surface area (Å²) in [4.78, 5) is 5.23. The fraction of sp³-hybridized carbons (Fsp3) is 0.0200. The van der Waals surface area contributed by atoms with E-state index in [2.05, 4.69) is 188 Å². The third-order valence-corrected chi connectivity index (χ3v) is 12.3. The fourth-order valence-electron chi connectivity index (χ4n) is 8.93. The lowest BCUT2D eigenvalue weighted by Gasteiger charge is -2.34. The summed E-state index contributed by atoms with van der Waals surface area (Å²) in [5.74, 6) is 0. The number of rotatable bonds is 4. The second-order valence-electron chi connectivity index (χ2n) is 13.8. The van der Waals surface area contributed by atoms with Gasteiger partial charge >= 0.3 is 0 Å². The lowest BCUT2D eigenvalue weighted by atomic mass is 9.67. The van der Waals surface area contributed by atoms with E-state index in [4.69, 9.17) is 4.98 Å². The monoisotopic (exact) mass is 677 g/mol. The van der Waals surface area contributed by atoms with E-state index in [1.54, 1.807) is 0 Å². The van der Waals surface area contributed by atoms with Crippen molar-refractivity contribution in [3.05, 3.63) is 210 Å². The maximum Gasteiger partial charge on any atom is 0.0788 e. The molecule has 0 bridgehead atoms. The highest BCUT2D eigenvalue weighted by atomic mass is 32.1. The normalized spacial score (nSPS) is 13.2. The van der Waals surface area contributed by atoms with E-state index in [9.17, 15) is 0 Å². The number of hydrogen-bond donors (Lipinski definition) is 0. The van der Waals surface area contributed by atoms with Gasteiger partial charge in [-0.3, -0.25) is 0 Å². The average Bonchev–Trinajstić information content (AvgIpc) is 3.74. The van der Waals surface area contributed by atoms with E-state index in [0.29, 0.717) is 0 Å². The maximum absolute atomic E-state index is 5.23. The van der Waals surface area contributed by atoms with Gasteiger partial charge in [0.15, 0.2) is 0 Å². The van der Waals surface area contributed by atoms with Gasteiger partial charge in [-0.2, -0.15) is 0 Å². The van der Waals surface area contributed by atoms with Gasteiger partial charge in [0.2, 0.25) is 0 Å². The summed E-state index contributed by atoms with van der Waals surface area (Å²) in [7, 11) is 0. The molecule has 0 saturated carbocycles. The Hall–Kier alpha value is -6.35. The molecule has 0 atom stereocenters. The van der Waals surface area contributed by atoms with Crippen LogP contribution in [0.2, 0.25) is 0 Å². The summed E-state index contributed by atoms with van der Waals surface area (Å²) < 4.78 is 2.59. The Morgan fingerprint density at radius 3 is 1.79 bits per heavy atom. The number of pyridine rings is 1. The minimum atomic E-state index is -0.431. The largest absolute Gasteiger partial charge is 0.247 e. The second-order valence-corrected chi connectivity index (χ2v) is 14.9. The number of benzene rings is 8. The van der Waals surface area contributed by atoms with Crippen molar-refractivity contribution in [1.82, 2.24) is 4.98 Å². The Bertz CT molecular complexity index is 2960. The molecule has 242 valence electrons. The van der Waals surface area contributed by atoms with Gasteiger partial charge in [0.25, 0.3) is 0 Å². The molecule has 0 amide bonds.